The van der Waals surface area contributed by atoms with Gasteiger partial charge in [-0.2, -0.15) is 0 Å². The van der Waals surface area contributed by atoms with Crippen molar-refractivity contribution in [2.45, 2.75) is 19.4 Å². The molecule has 31 heavy (non-hydrogen) atoms. The molecule has 2 amide bonds. The van der Waals surface area contributed by atoms with Crippen LogP contribution in [0.15, 0.2) is 67.1 Å². The second-order valence-corrected chi connectivity index (χ2v) is 7.41. The van der Waals surface area contributed by atoms with Crippen molar-refractivity contribution in [3.8, 4) is 0 Å². The van der Waals surface area contributed by atoms with Crippen LogP contribution in [0.25, 0.3) is 6.08 Å². The Labute approximate surface area is 180 Å². The lowest BCUT2D eigenvalue weighted by Crippen LogP contribution is -2.33. The third kappa shape index (κ3) is 4.16. The Kier molecular flexibility index (Phi) is 5.49. The van der Waals surface area contributed by atoms with Crippen molar-refractivity contribution in [3.05, 3.63) is 89.6 Å². The summed E-state index contributed by atoms with van der Waals surface area (Å²) in [5.74, 6) is -0.177. The number of benzene rings is 2. The Morgan fingerprint density at radius 2 is 1.81 bits per heavy atom. The van der Waals surface area contributed by atoms with Crippen molar-refractivity contribution in [2.24, 2.45) is 7.05 Å². The van der Waals surface area contributed by atoms with E-state index in [1.165, 1.54) is 6.92 Å². The van der Waals surface area contributed by atoms with Gasteiger partial charge in [0.15, 0.2) is 5.82 Å². The summed E-state index contributed by atoms with van der Waals surface area (Å²) >= 11 is 0. The normalized spacial score (nSPS) is 14.8. The molecule has 1 aliphatic rings. The van der Waals surface area contributed by atoms with E-state index < -0.39 is 0 Å². The fraction of sp³-hybridized carbons (Fsp3) is 0.167. The quantitative estimate of drug-likeness (QED) is 0.647. The molecule has 1 aromatic heterocycles. The molecule has 1 N–H and O–H groups in total. The van der Waals surface area contributed by atoms with E-state index in [4.69, 9.17) is 0 Å². The van der Waals surface area contributed by atoms with E-state index in [-0.39, 0.29) is 30.1 Å². The highest BCUT2D eigenvalue weighted by atomic mass is 16.2. The minimum absolute atomic E-state index is 0.120. The molecule has 0 saturated heterocycles. The predicted octanol–water partition coefficient (Wildman–Crippen LogP) is 3.55. The summed E-state index contributed by atoms with van der Waals surface area (Å²) < 4.78 is 1.66. The number of aromatic nitrogens is 2. The lowest BCUT2D eigenvalue weighted by Gasteiger charge is -2.32. The monoisotopic (exact) mass is 414 g/mol. The summed E-state index contributed by atoms with van der Waals surface area (Å²) in [6.45, 7) is 1.49. The number of nitrogens with one attached hydrogen (secondary N) is 1. The summed E-state index contributed by atoms with van der Waals surface area (Å²) in [5, 5.41) is 2.86. The summed E-state index contributed by atoms with van der Waals surface area (Å²) in [4.78, 5) is 43.0. The fourth-order valence-corrected chi connectivity index (χ4v) is 3.72. The van der Waals surface area contributed by atoms with Crippen molar-refractivity contribution < 1.29 is 14.4 Å². The van der Waals surface area contributed by atoms with Gasteiger partial charge in [0.25, 0.3) is 0 Å². The van der Waals surface area contributed by atoms with Gasteiger partial charge >= 0.3 is 0 Å². The molecule has 3 aromatic rings. The molecule has 0 radical (unpaired) electrons. The number of carbonyl (C=O) groups is 3. The summed E-state index contributed by atoms with van der Waals surface area (Å²) in [6, 6.07) is 14.0. The van der Waals surface area contributed by atoms with Gasteiger partial charge in [0, 0.05) is 43.8 Å². The SMILES string of the molecule is CC(=O)N1C=Cc2ccccc2C1CC(=O)Nc1ccc(C(=O)c2nccn2C)cc1. The van der Waals surface area contributed by atoms with Gasteiger partial charge in [0.1, 0.15) is 0 Å². The van der Waals surface area contributed by atoms with Crippen LogP contribution in [0.4, 0.5) is 5.69 Å². The average molecular weight is 414 g/mol. The second-order valence-electron chi connectivity index (χ2n) is 7.41. The standard InChI is InChI=1S/C24H22N4O3/c1-16(29)28-13-11-17-5-3-4-6-20(17)21(28)15-22(30)26-19-9-7-18(8-10-19)23(31)24-25-12-14-27(24)2/h3-14,21H,15H2,1-2H3,(H,26,30). The fourth-order valence-electron chi connectivity index (χ4n) is 3.72. The van der Waals surface area contributed by atoms with E-state index in [2.05, 4.69) is 10.3 Å². The number of ketones is 1. The van der Waals surface area contributed by atoms with Gasteiger partial charge in [-0.1, -0.05) is 24.3 Å². The first kappa shape index (κ1) is 20.3. The first-order valence-electron chi connectivity index (χ1n) is 9.92. The third-order valence-electron chi connectivity index (χ3n) is 5.30. The predicted molar refractivity (Wildman–Crippen MR) is 117 cm³/mol. The van der Waals surface area contributed by atoms with Gasteiger partial charge in [-0.05, 0) is 41.5 Å². The smallest absolute Gasteiger partial charge is 0.228 e. The van der Waals surface area contributed by atoms with Crippen LogP contribution < -0.4 is 5.32 Å². The minimum Gasteiger partial charge on any atom is -0.331 e. The van der Waals surface area contributed by atoms with Crippen molar-refractivity contribution >= 4 is 29.4 Å². The highest BCUT2D eigenvalue weighted by Gasteiger charge is 2.28. The molecule has 1 unspecified atom stereocenters. The van der Waals surface area contributed by atoms with Crippen molar-refractivity contribution in [1.29, 1.82) is 0 Å². The molecule has 1 atom stereocenters. The number of nitrogens with zero attached hydrogens (tertiary/aromatic N) is 3. The molecule has 7 heteroatoms. The van der Waals surface area contributed by atoms with Gasteiger partial charge < -0.3 is 14.8 Å². The van der Waals surface area contributed by atoms with E-state index in [9.17, 15) is 14.4 Å². The Morgan fingerprint density at radius 3 is 2.48 bits per heavy atom. The Bertz CT molecular complexity index is 1180. The first-order valence-corrected chi connectivity index (χ1v) is 9.92. The average Bonchev–Trinajstić information content (AvgIpc) is 3.19. The van der Waals surface area contributed by atoms with Crippen LogP contribution in [0.3, 0.4) is 0 Å². The molecule has 2 heterocycles. The molecule has 4 rings (SSSR count). The molecule has 156 valence electrons. The number of rotatable bonds is 5. The number of fused-ring (bicyclic) bond motifs is 1. The molecule has 0 saturated carbocycles. The Balaban J connectivity index is 1.47. The highest BCUT2D eigenvalue weighted by molar-refractivity contribution is 6.07. The van der Waals surface area contributed by atoms with Crippen molar-refractivity contribution in [3.63, 3.8) is 0 Å². The second kappa shape index (κ2) is 8.39. The van der Waals surface area contributed by atoms with Gasteiger partial charge in [0.2, 0.25) is 17.6 Å². The molecule has 0 fully saturated rings. The Morgan fingerprint density at radius 1 is 1.06 bits per heavy atom. The molecule has 0 aliphatic carbocycles. The zero-order chi connectivity index (χ0) is 22.0. The number of anilines is 1. The summed E-state index contributed by atoms with van der Waals surface area (Å²) in [6.07, 6.45) is 7.01. The molecule has 0 bridgehead atoms. The number of imidazole rings is 1. The molecular weight excluding hydrogens is 392 g/mol. The molecule has 0 spiro atoms. The van der Waals surface area contributed by atoms with Gasteiger partial charge in [-0.3, -0.25) is 14.4 Å². The maximum atomic E-state index is 12.8. The molecular formula is C24H22N4O3. The maximum absolute atomic E-state index is 12.8. The highest BCUT2D eigenvalue weighted by Crippen LogP contribution is 2.33. The third-order valence-corrected chi connectivity index (χ3v) is 5.30. The lowest BCUT2D eigenvalue weighted by atomic mass is 9.93. The van der Waals surface area contributed by atoms with Gasteiger partial charge in [-0.25, -0.2) is 4.98 Å². The van der Waals surface area contributed by atoms with Crippen LogP contribution in [0, 0.1) is 0 Å². The number of carbonyl (C=O) groups excluding carboxylic acids is 3. The summed E-state index contributed by atoms with van der Waals surface area (Å²) in [5.41, 5.74) is 3.00. The zero-order valence-electron chi connectivity index (χ0n) is 17.3. The van der Waals surface area contributed by atoms with Gasteiger partial charge in [-0.15, -0.1) is 0 Å². The van der Waals surface area contributed by atoms with E-state index in [1.807, 2.05) is 30.3 Å². The number of hydrogen-bond acceptors (Lipinski definition) is 4. The van der Waals surface area contributed by atoms with E-state index in [0.717, 1.165) is 11.1 Å². The largest absolute Gasteiger partial charge is 0.331 e. The van der Waals surface area contributed by atoms with Crippen LogP contribution in [0.1, 0.15) is 46.7 Å². The van der Waals surface area contributed by atoms with Crippen LogP contribution in [-0.4, -0.2) is 32.0 Å². The first-order chi connectivity index (χ1) is 14.9. The van der Waals surface area contributed by atoms with Crippen molar-refractivity contribution in [1.82, 2.24) is 14.5 Å². The van der Waals surface area contributed by atoms with Crippen LogP contribution >= 0.6 is 0 Å². The minimum atomic E-state index is -0.372. The van der Waals surface area contributed by atoms with Crippen LogP contribution in [-0.2, 0) is 16.6 Å². The van der Waals surface area contributed by atoms with E-state index in [1.54, 1.807) is 59.4 Å². The van der Waals surface area contributed by atoms with Gasteiger partial charge in [0.05, 0.1) is 12.5 Å². The van der Waals surface area contributed by atoms with Crippen LogP contribution in [0.2, 0.25) is 0 Å². The summed E-state index contributed by atoms with van der Waals surface area (Å²) in [7, 11) is 1.76. The molecule has 1 aliphatic heterocycles. The Hall–Kier alpha value is -4.00. The van der Waals surface area contributed by atoms with Crippen molar-refractivity contribution in [2.75, 3.05) is 5.32 Å². The van der Waals surface area contributed by atoms with E-state index >= 15 is 0 Å². The number of amides is 2. The number of aryl methyl sites for hydroxylation is 1. The topological polar surface area (TPSA) is 84.3 Å². The van der Waals surface area contributed by atoms with Crippen LogP contribution in [0.5, 0.6) is 0 Å². The molecule has 7 nitrogen and oxygen atoms in total. The zero-order valence-corrected chi connectivity index (χ0v) is 17.3. The number of hydrogen-bond donors (Lipinski definition) is 1. The maximum Gasteiger partial charge on any atom is 0.228 e. The van der Waals surface area contributed by atoms with E-state index in [0.29, 0.717) is 17.1 Å². The molecule has 2 aromatic carbocycles. The lowest BCUT2D eigenvalue weighted by molar-refractivity contribution is -0.129.